The predicted molar refractivity (Wildman–Crippen MR) is 70.9 cm³/mol. The summed E-state index contributed by atoms with van der Waals surface area (Å²) in [6, 6.07) is -0.593. The van der Waals surface area contributed by atoms with Crippen molar-refractivity contribution in [3.8, 4) is 0 Å². The second-order valence-electron chi connectivity index (χ2n) is 6.33. The maximum absolute atomic E-state index is 11.8. The van der Waals surface area contributed by atoms with Crippen LogP contribution in [0.2, 0.25) is 0 Å². The number of carbonyl (C=O) groups is 1. The number of hydrogen-bond acceptors (Lipinski definition) is 4. The van der Waals surface area contributed by atoms with Gasteiger partial charge in [-0.2, -0.15) is 12.6 Å². The van der Waals surface area contributed by atoms with Crippen LogP contribution < -0.4 is 5.73 Å². The van der Waals surface area contributed by atoms with Gasteiger partial charge in [0.05, 0.1) is 0 Å². The molecule has 0 aromatic carbocycles. The molecule has 0 spiro atoms. The fourth-order valence-corrected chi connectivity index (χ4v) is 3.76. The fraction of sp³-hybridized carbons (Fsp3) is 0.923. The van der Waals surface area contributed by atoms with E-state index in [1.807, 2.05) is 0 Å². The average molecular weight is 257 g/mol. The first kappa shape index (κ1) is 13.2. The molecule has 0 amide bonds. The van der Waals surface area contributed by atoms with E-state index in [4.69, 9.17) is 10.5 Å². The molecular weight excluding hydrogens is 234 g/mol. The molecule has 0 heterocycles. The summed E-state index contributed by atoms with van der Waals surface area (Å²) < 4.78 is 5.62. The molecule has 2 fully saturated rings. The lowest BCUT2D eigenvalue weighted by Crippen LogP contribution is -2.42. The molecule has 2 aliphatic carbocycles. The van der Waals surface area contributed by atoms with Crippen LogP contribution in [0.5, 0.6) is 0 Å². The van der Waals surface area contributed by atoms with E-state index < -0.39 is 6.04 Å². The van der Waals surface area contributed by atoms with Crippen molar-refractivity contribution in [2.45, 2.75) is 52.2 Å². The van der Waals surface area contributed by atoms with E-state index in [0.717, 1.165) is 12.8 Å². The first-order valence-corrected chi connectivity index (χ1v) is 7.03. The fourth-order valence-electron chi connectivity index (χ4n) is 3.61. The molecule has 3 nitrogen and oxygen atoms in total. The van der Waals surface area contributed by atoms with Crippen molar-refractivity contribution >= 4 is 18.6 Å². The summed E-state index contributed by atoms with van der Waals surface area (Å²) >= 11 is 4.03. The summed E-state index contributed by atoms with van der Waals surface area (Å²) in [5.41, 5.74) is 6.03. The van der Waals surface area contributed by atoms with Gasteiger partial charge >= 0.3 is 5.97 Å². The molecule has 17 heavy (non-hydrogen) atoms. The third kappa shape index (κ3) is 1.80. The Morgan fingerprint density at radius 3 is 2.59 bits per heavy atom. The minimum Gasteiger partial charge on any atom is -0.461 e. The molecular formula is C13H23NO2S. The van der Waals surface area contributed by atoms with Crippen molar-refractivity contribution in [2.24, 2.45) is 22.5 Å². The van der Waals surface area contributed by atoms with E-state index in [1.165, 1.54) is 6.42 Å². The van der Waals surface area contributed by atoms with Crippen molar-refractivity contribution < 1.29 is 9.53 Å². The first-order valence-electron chi connectivity index (χ1n) is 6.40. The lowest BCUT2D eigenvalue weighted by molar-refractivity contribution is -0.157. The average Bonchev–Trinajstić information content (AvgIpc) is 2.60. The van der Waals surface area contributed by atoms with Crippen LogP contribution >= 0.6 is 12.6 Å². The van der Waals surface area contributed by atoms with Crippen LogP contribution in [-0.2, 0) is 9.53 Å². The molecule has 0 saturated heterocycles. The van der Waals surface area contributed by atoms with Gasteiger partial charge < -0.3 is 10.5 Å². The topological polar surface area (TPSA) is 52.3 Å². The Morgan fingerprint density at radius 2 is 2.18 bits per heavy atom. The van der Waals surface area contributed by atoms with Crippen LogP contribution in [0.15, 0.2) is 0 Å². The van der Waals surface area contributed by atoms with Gasteiger partial charge in [0.25, 0.3) is 0 Å². The lowest BCUT2D eigenvalue weighted by Gasteiger charge is -2.38. The number of carbonyl (C=O) groups excluding carboxylic acids is 1. The standard InChI is InChI=1S/C13H23NO2S/c1-12(2)8-4-5-13(12,3)10(6-8)16-11(15)9(14)7-17/h8-10,17H,4-7,14H2,1-3H3/t8?,9-,10?,13?/m1/s1. The van der Waals surface area contributed by atoms with Crippen molar-refractivity contribution in [3.63, 3.8) is 0 Å². The van der Waals surface area contributed by atoms with Crippen molar-refractivity contribution in [1.29, 1.82) is 0 Å². The van der Waals surface area contributed by atoms with E-state index in [0.29, 0.717) is 11.7 Å². The van der Waals surface area contributed by atoms with Gasteiger partial charge in [-0.15, -0.1) is 0 Å². The van der Waals surface area contributed by atoms with Crippen molar-refractivity contribution in [3.05, 3.63) is 0 Å². The van der Waals surface area contributed by atoms with Gasteiger partial charge in [-0.1, -0.05) is 20.8 Å². The summed E-state index contributed by atoms with van der Waals surface area (Å²) in [5.74, 6) is 0.724. The predicted octanol–water partition coefficient (Wildman–Crippen LogP) is 2.00. The van der Waals surface area contributed by atoms with Crippen molar-refractivity contribution in [2.75, 3.05) is 5.75 Å². The van der Waals surface area contributed by atoms with Crippen LogP contribution in [0.1, 0.15) is 40.0 Å². The molecule has 4 heteroatoms. The maximum Gasteiger partial charge on any atom is 0.324 e. The van der Waals surface area contributed by atoms with Gasteiger partial charge in [-0.3, -0.25) is 4.79 Å². The molecule has 2 saturated carbocycles. The molecule has 0 aromatic rings. The van der Waals surface area contributed by atoms with Gasteiger partial charge in [-0.25, -0.2) is 0 Å². The highest BCUT2D eigenvalue weighted by Crippen LogP contribution is 2.66. The SMILES string of the molecule is CC1(C)C2CCC1(C)C(OC(=O)[C@H](N)CS)C2. The smallest absolute Gasteiger partial charge is 0.324 e. The molecule has 98 valence electrons. The number of rotatable bonds is 3. The molecule has 0 aromatic heterocycles. The third-order valence-corrected chi connectivity index (χ3v) is 5.87. The van der Waals surface area contributed by atoms with Gasteiger partial charge in [0.2, 0.25) is 0 Å². The van der Waals surface area contributed by atoms with Crippen molar-refractivity contribution in [1.82, 2.24) is 0 Å². The van der Waals surface area contributed by atoms with Crippen LogP contribution in [0.4, 0.5) is 0 Å². The third-order valence-electron chi connectivity index (χ3n) is 5.47. The van der Waals surface area contributed by atoms with Crippen LogP contribution in [0.25, 0.3) is 0 Å². The number of ether oxygens (including phenoxy) is 1. The van der Waals surface area contributed by atoms with Gasteiger partial charge in [-0.05, 0) is 30.6 Å². The molecule has 4 atom stereocenters. The Hall–Kier alpha value is -0.220. The molecule has 0 radical (unpaired) electrons. The van der Waals surface area contributed by atoms with Crippen LogP contribution in [-0.4, -0.2) is 23.9 Å². The number of thiol groups is 1. The largest absolute Gasteiger partial charge is 0.461 e. The van der Waals surface area contributed by atoms with Crippen LogP contribution in [0, 0.1) is 16.7 Å². The Kier molecular flexibility index (Phi) is 3.24. The van der Waals surface area contributed by atoms with Crippen LogP contribution in [0.3, 0.4) is 0 Å². The molecule has 2 bridgehead atoms. The highest BCUT2D eigenvalue weighted by atomic mass is 32.1. The second-order valence-corrected chi connectivity index (χ2v) is 6.69. The normalized spacial score (nSPS) is 40.3. The Balaban J connectivity index is 2.08. The summed E-state index contributed by atoms with van der Waals surface area (Å²) in [6.07, 6.45) is 3.44. The van der Waals surface area contributed by atoms with E-state index in [2.05, 4.69) is 33.4 Å². The molecule has 0 aliphatic heterocycles. The summed E-state index contributed by atoms with van der Waals surface area (Å²) in [6.45, 7) is 6.86. The zero-order valence-corrected chi connectivity index (χ0v) is 11.8. The minimum atomic E-state index is -0.593. The van der Waals surface area contributed by atoms with E-state index in [-0.39, 0.29) is 22.9 Å². The summed E-state index contributed by atoms with van der Waals surface area (Å²) in [4.78, 5) is 11.8. The first-order chi connectivity index (χ1) is 7.83. The number of hydrogen-bond donors (Lipinski definition) is 2. The molecule has 2 rings (SSSR count). The Morgan fingerprint density at radius 1 is 1.53 bits per heavy atom. The number of esters is 1. The Bertz CT molecular complexity index is 331. The highest BCUT2D eigenvalue weighted by Gasteiger charge is 2.62. The van der Waals surface area contributed by atoms with E-state index in [1.54, 1.807) is 0 Å². The quantitative estimate of drug-likeness (QED) is 0.600. The molecule has 3 unspecified atom stereocenters. The van der Waals surface area contributed by atoms with Gasteiger partial charge in [0.1, 0.15) is 12.1 Å². The zero-order valence-electron chi connectivity index (χ0n) is 10.9. The Labute approximate surface area is 109 Å². The highest BCUT2D eigenvalue weighted by molar-refractivity contribution is 7.80. The van der Waals surface area contributed by atoms with Gasteiger partial charge in [0.15, 0.2) is 0 Å². The van der Waals surface area contributed by atoms with E-state index in [9.17, 15) is 4.79 Å². The van der Waals surface area contributed by atoms with E-state index >= 15 is 0 Å². The molecule has 2 N–H and O–H groups in total. The minimum absolute atomic E-state index is 0.0367. The summed E-state index contributed by atoms with van der Waals surface area (Å²) in [7, 11) is 0. The maximum atomic E-state index is 11.8. The number of nitrogens with two attached hydrogens (primary N) is 1. The lowest BCUT2D eigenvalue weighted by atomic mass is 9.70. The summed E-state index contributed by atoms with van der Waals surface area (Å²) in [5, 5.41) is 0. The monoisotopic (exact) mass is 257 g/mol. The van der Waals surface area contributed by atoms with Gasteiger partial charge in [0, 0.05) is 11.2 Å². The second kappa shape index (κ2) is 4.16. The number of fused-ring (bicyclic) bond motifs is 2. The zero-order chi connectivity index (χ0) is 12.8. The molecule has 2 aliphatic rings.